The molecule has 1 fully saturated rings. The van der Waals surface area contributed by atoms with E-state index in [1.165, 1.54) is 25.9 Å². The minimum atomic E-state index is 0.285. The van der Waals surface area contributed by atoms with E-state index in [4.69, 9.17) is 11.6 Å². The topological polar surface area (TPSA) is 41.1 Å². The molecule has 0 atom stereocenters. The van der Waals surface area contributed by atoms with Crippen molar-refractivity contribution in [2.45, 2.75) is 39.5 Å². The van der Waals surface area contributed by atoms with Crippen molar-refractivity contribution < 1.29 is 0 Å². The lowest BCUT2D eigenvalue weighted by Gasteiger charge is -2.38. The summed E-state index contributed by atoms with van der Waals surface area (Å²) in [4.78, 5) is 11.2. The molecule has 1 aromatic heterocycles. The third-order valence-electron chi connectivity index (χ3n) is 4.12. The van der Waals surface area contributed by atoms with Crippen LogP contribution in [0.5, 0.6) is 0 Å². The summed E-state index contributed by atoms with van der Waals surface area (Å²) in [7, 11) is 2.19. The van der Waals surface area contributed by atoms with Gasteiger partial charge in [-0.25, -0.2) is 9.97 Å². The van der Waals surface area contributed by atoms with Crippen LogP contribution in [0.25, 0.3) is 0 Å². The fraction of sp³-hybridized carbons (Fsp3) is 0.733. The molecule has 0 spiro atoms. The normalized spacial score (nSPS) is 19.3. The Morgan fingerprint density at radius 2 is 2.00 bits per heavy atom. The second-order valence-corrected chi connectivity index (χ2v) is 6.94. The first-order chi connectivity index (χ1) is 9.38. The third kappa shape index (κ3) is 4.06. The van der Waals surface area contributed by atoms with Crippen LogP contribution in [0.3, 0.4) is 0 Å². The molecule has 4 nitrogen and oxygen atoms in total. The number of piperidine rings is 1. The van der Waals surface area contributed by atoms with Crippen molar-refractivity contribution in [1.29, 1.82) is 0 Å². The number of rotatable bonds is 4. The molecule has 20 heavy (non-hydrogen) atoms. The van der Waals surface area contributed by atoms with Crippen LogP contribution >= 0.6 is 11.6 Å². The fourth-order valence-electron chi connectivity index (χ4n) is 2.42. The Kier molecular flexibility index (Phi) is 4.86. The van der Waals surface area contributed by atoms with Crippen molar-refractivity contribution in [2.75, 3.05) is 32.0 Å². The molecule has 0 radical (unpaired) electrons. The maximum Gasteiger partial charge on any atom is 0.135 e. The second kappa shape index (κ2) is 6.27. The Labute approximate surface area is 126 Å². The molecule has 1 N–H and O–H groups in total. The zero-order valence-electron chi connectivity index (χ0n) is 12.9. The standard InChI is InChI=1S/C15H25ClN4/c1-11(2)14-18-12(16)9-13(19-14)17-10-15(3)5-7-20(4)8-6-15/h9,11H,5-8,10H2,1-4H3,(H,17,18,19). The predicted molar refractivity (Wildman–Crippen MR) is 84.5 cm³/mol. The molecule has 2 heterocycles. The highest BCUT2D eigenvalue weighted by Crippen LogP contribution is 2.30. The van der Waals surface area contributed by atoms with Crippen LogP contribution in [0.4, 0.5) is 5.82 Å². The molecule has 1 saturated heterocycles. The highest BCUT2D eigenvalue weighted by Gasteiger charge is 2.28. The summed E-state index contributed by atoms with van der Waals surface area (Å²) in [6.07, 6.45) is 2.43. The van der Waals surface area contributed by atoms with Crippen molar-refractivity contribution >= 4 is 17.4 Å². The van der Waals surface area contributed by atoms with Gasteiger partial charge in [0.25, 0.3) is 0 Å². The van der Waals surface area contributed by atoms with E-state index in [1.807, 2.05) is 6.07 Å². The molecule has 112 valence electrons. The fourth-order valence-corrected chi connectivity index (χ4v) is 2.61. The third-order valence-corrected chi connectivity index (χ3v) is 4.31. The number of nitrogens with zero attached hydrogens (tertiary/aromatic N) is 3. The first-order valence-corrected chi connectivity index (χ1v) is 7.73. The van der Waals surface area contributed by atoms with E-state index in [-0.39, 0.29) is 5.92 Å². The average molecular weight is 297 g/mol. The first kappa shape index (κ1) is 15.5. The number of likely N-dealkylation sites (tertiary alicyclic amines) is 1. The van der Waals surface area contributed by atoms with Gasteiger partial charge in [0.2, 0.25) is 0 Å². The van der Waals surface area contributed by atoms with Gasteiger partial charge >= 0.3 is 0 Å². The zero-order valence-corrected chi connectivity index (χ0v) is 13.7. The van der Waals surface area contributed by atoms with Crippen molar-refractivity contribution in [3.63, 3.8) is 0 Å². The first-order valence-electron chi connectivity index (χ1n) is 7.35. The second-order valence-electron chi connectivity index (χ2n) is 6.56. The number of hydrogen-bond donors (Lipinski definition) is 1. The number of anilines is 1. The van der Waals surface area contributed by atoms with Gasteiger partial charge in [0, 0.05) is 18.5 Å². The lowest BCUT2D eigenvalue weighted by atomic mass is 9.80. The van der Waals surface area contributed by atoms with Crippen LogP contribution in [0.2, 0.25) is 5.15 Å². The molecule has 1 aliphatic heterocycles. The highest BCUT2D eigenvalue weighted by atomic mass is 35.5. The average Bonchev–Trinajstić information content (AvgIpc) is 2.40. The van der Waals surface area contributed by atoms with Crippen molar-refractivity contribution in [2.24, 2.45) is 5.41 Å². The molecule has 2 rings (SSSR count). The molecular formula is C15H25ClN4. The van der Waals surface area contributed by atoms with Crippen molar-refractivity contribution in [3.8, 4) is 0 Å². The van der Waals surface area contributed by atoms with Gasteiger partial charge in [-0.3, -0.25) is 0 Å². The highest BCUT2D eigenvalue weighted by molar-refractivity contribution is 6.29. The van der Waals surface area contributed by atoms with Gasteiger partial charge in [0.05, 0.1) is 0 Å². The van der Waals surface area contributed by atoms with Crippen molar-refractivity contribution in [1.82, 2.24) is 14.9 Å². The van der Waals surface area contributed by atoms with Gasteiger partial charge < -0.3 is 10.2 Å². The smallest absolute Gasteiger partial charge is 0.135 e. The quantitative estimate of drug-likeness (QED) is 0.865. The van der Waals surface area contributed by atoms with E-state index in [1.54, 1.807) is 0 Å². The summed E-state index contributed by atoms with van der Waals surface area (Å²) in [5, 5.41) is 3.97. The van der Waals surface area contributed by atoms with Crippen molar-refractivity contribution in [3.05, 3.63) is 17.0 Å². The minimum absolute atomic E-state index is 0.285. The lowest BCUT2D eigenvalue weighted by molar-refractivity contribution is 0.150. The Balaban J connectivity index is 2.00. The summed E-state index contributed by atoms with van der Waals surface area (Å²) in [6.45, 7) is 9.77. The maximum atomic E-state index is 6.07. The Bertz CT molecular complexity index is 453. The lowest BCUT2D eigenvalue weighted by Crippen LogP contribution is -2.40. The van der Waals surface area contributed by atoms with Gasteiger partial charge in [0.15, 0.2) is 0 Å². The zero-order chi connectivity index (χ0) is 14.8. The minimum Gasteiger partial charge on any atom is -0.369 e. The summed E-state index contributed by atoms with van der Waals surface area (Å²) < 4.78 is 0. The molecule has 1 aromatic rings. The van der Waals surface area contributed by atoms with Crippen LogP contribution in [0.15, 0.2) is 6.07 Å². The summed E-state index contributed by atoms with van der Waals surface area (Å²) in [5.74, 6) is 1.93. The summed E-state index contributed by atoms with van der Waals surface area (Å²) in [6, 6.07) is 1.81. The van der Waals surface area contributed by atoms with E-state index in [2.05, 4.69) is 48.0 Å². The molecule has 1 aliphatic rings. The number of halogens is 1. The van der Waals surface area contributed by atoms with E-state index < -0.39 is 0 Å². The number of nitrogens with one attached hydrogen (secondary N) is 1. The van der Waals surface area contributed by atoms with Crippen LogP contribution in [-0.2, 0) is 0 Å². The van der Waals surface area contributed by atoms with Gasteiger partial charge in [-0.1, -0.05) is 32.4 Å². The molecular weight excluding hydrogens is 272 g/mol. The van der Waals surface area contributed by atoms with Gasteiger partial charge in [0.1, 0.15) is 16.8 Å². The summed E-state index contributed by atoms with van der Waals surface area (Å²) >= 11 is 6.07. The largest absolute Gasteiger partial charge is 0.369 e. The molecule has 0 bridgehead atoms. The van der Waals surface area contributed by atoms with Crippen LogP contribution in [-0.4, -0.2) is 41.5 Å². The monoisotopic (exact) mass is 296 g/mol. The Morgan fingerprint density at radius 1 is 1.35 bits per heavy atom. The molecule has 0 aromatic carbocycles. The maximum absolute atomic E-state index is 6.07. The molecule has 0 aliphatic carbocycles. The van der Waals surface area contributed by atoms with Crippen LogP contribution in [0, 0.1) is 5.41 Å². The van der Waals surface area contributed by atoms with E-state index in [0.717, 1.165) is 18.2 Å². The molecule has 0 saturated carbocycles. The number of aromatic nitrogens is 2. The number of hydrogen-bond acceptors (Lipinski definition) is 4. The van der Waals surface area contributed by atoms with E-state index >= 15 is 0 Å². The Hall–Kier alpha value is -0.870. The molecule has 5 heteroatoms. The van der Waals surface area contributed by atoms with Gasteiger partial charge in [-0.05, 0) is 38.4 Å². The van der Waals surface area contributed by atoms with Gasteiger partial charge in [-0.2, -0.15) is 0 Å². The van der Waals surface area contributed by atoms with Gasteiger partial charge in [-0.15, -0.1) is 0 Å². The summed E-state index contributed by atoms with van der Waals surface area (Å²) in [5.41, 5.74) is 0.335. The Morgan fingerprint density at radius 3 is 2.60 bits per heavy atom. The van der Waals surface area contributed by atoms with Crippen LogP contribution < -0.4 is 5.32 Å². The SMILES string of the molecule is CC(C)c1nc(Cl)cc(NCC2(C)CCN(C)CC2)n1. The van der Waals surface area contributed by atoms with Crippen LogP contribution in [0.1, 0.15) is 45.4 Å². The molecule has 0 amide bonds. The van der Waals surface area contributed by atoms with E-state index in [9.17, 15) is 0 Å². The predicted octanol–water partition coefficient (Wildman–Crippen LogP) is 3.40. The molecule has 0 unspecified atom stereocenters. The van der Waals surface area contributed by atoms with E-state index in [0.29, 0.717) is 10.6 Å².